The molecule has 0 saturated carbocycles. The molecule has 0 unspecified atom stereocenters. The fourth-order valence-corrected chi connectivity index (χ4v) is 11.8. The van der Waals surface area contributed by atoms with E-state index in [1.807, 2.05) is 62.3 Å². The molecule has 1 heterocycles. The van der Waals surface area contributed by atoms with E-state index in [2.05, 4.69) is 33.2 Å². The maximum absolute atomic E-state index is 15.4. The minimum Gasteiger partial charge on any atom is -0.444 e. The Balaban J connectivity index is 4.26. The van der Waals surface area contributed by atoms with Crippen LogP contribution in [0.3, 0.4) is 0 Å². The lowest BCUT2D eigenvalue weighted by Crippen LogP contribution is -2.61. The SMILES string of the molecule is C=C1C(=O)N(C)[C@@H](CC(C)C)C(=O)N[C@H](C(C)C)C(=O)N(C)[C@H](CC(C)C)C(=O)N[C@H](C)C(=O)N[C@@H](C)C(=O)N(C)[C@@H](CC(C)C)C(=O)N(C)[C@@H](CC(C)C)C(=O)N(C)[C@@H](C(C)C)C(=O)N(C)[C@@H](C[C@H](C)CCCCCCNC(=O)OC(C)(C)C)C(=O)N[C@@H](CC)C(=O)N1C. The number of alkyl carbamates (subject to hydrolysis) is 1. The van der Waals surface area contributed by atoms with Crippen LogP contribution in [0.5, 0.6) is 0 Å². The molecule has 544 valence electrons. The summed E-state index contributed by atoms with van der Waals surface area (Å²) in [6.45, 7) is 38.3. The van der Waals surface area contributed by atoms with Crippen molar-refractivity contribution in [3.8, 4) is 0 Å². The average Bonchev–Trinajstić information content (AvgIpc) is 0.826. The molecule has 0 aromatic rings. The van der Waals surface area contributed by atoms with Crippen LogP contribution in [0.25, 0.3) is 0 Å². The predicted molar refractivity (Wildman–Crippen MR) is 369 cm³/mol. The molecule has 1 aliphatic rings. The normalized spacial score (nSPS) is 25.0. The van der Waals surface area contributed by atoms with Crippen molar-refractivity contribution < 1.29 is 62.3 Å². The molecular formula is C70H126N12O13. The third-order valence-electron chi connectivity index (χ3n) is 17.6. The molecule has 25 heteroatoms. The van der Waals surface area contributed by atoms with Gasteiger partial charge in [-0.15, -0.1) is 0 Å². The Morgan fingerprint density at radius 3 is 1.36 bits per heavy atom. The summed E-state index contributed by atoms with van der Waals surface area (Å²) < 4.78 is 5.35. The zero-order chi connectivity index (χ0) is 73.6. The van der Waals surface area contributed by atoms with Gasteiger partial charge in [0.1, 0.15) is 71.7 Å². The highest BCUT2D eigenvalue weighted by molar-refractivity contribution is 6.02. The zero-order valence-electron chi connectivity index (χ0n) is 62.9. The zero-order valence-corrected chi connectivity index (χ0v) is 62.9. The maximum atomic E-state index is 15.4. The molecule has 11 atom stereocenters. The molecule has 0 bridgehead atoms. The molecule has 1 aliphatic heterocycles. The fraction of sp³-hybridized carbons (Fsp3) is 0.800. The second-order valence-corrected chi connectivity index (χ2v) is 29.9. The van der Waals surface area contributed by atoms with Crippen LogP contribution in [0.1, 0.15) is 202 Å². The van der Waals surface area contributed by atoms with E-state index in [9.17, 15) is 38.4 Å². The lowest BCUT2D eigenvalue weighted by molar-refractivity contribution is -0.156. The van der Waals surface area contributed by atoms with Gasteiger partial charge in [0.15, 0.2) is 0 Å². The first-order chi connectivity index (χ1) is 43.7. The molecule has 25 nitrogen and oxygen atoms in total. The van der Waals surface area contributed by atoms with Gasteiger partial charge in [0.25, 0.3) is 5.91 Å². The topological polar surface area (TPSA) is 297 Å². The number of rotatable bonds is 20. The lowest BCUT2D eigenvalue weighted by Gasteiger charge is -2.41. The first-order valence-corrected chi connectivity index (χ1v) is 34.5. The van der Waals surface area contributed by atoms with Crippen molar-refractivity contribution in [3.63, 3.8) is 0 Å². The number of amides is 12. The smallest absolute Gasteiger partial charge is 0.407 e. The first-order valence-electron chi connectivity index (χ1n) is 34.5. The van der Waals surface area contributed by atoms with E-state index < -0.39 is 149 Å². The van der Waals surface area contributed by atoms with E-state index in [1.54, 1.807) is 55.4 Å². The largest absolute Gasteiger partial charge is 0.444 e. The summed E-state index contributed by atoms with van der Waals surface area (Å²) >= 11 is 0. The lowest BCUT2D eigenvalue weighted by atomic mass is 9.92. The van der Waals surface area contributed by atoms with E-state index in [-0.39, 0.29) is 73.8 Å². The van der Waals surface area contributed by atoms with E-state index in [0.717, 1.165) is 29.1 Å². The summed E-state index contributed by atoms with van der Waals surface area (Å²) in [6, 6.07) is -11.9. The van der Waals surface area contributed by atoms with Crippen LogP contribution in [0, 0.1) is 41.4 Å². The van der Waals surface area contributed by atoms with Gasteiger partial charge in [-0.3, -0.25) is 52.7 Å². The molecule has 5 N–H and O–H groups in total. The van der Waals surface area contributed by atoms with Gasteiger partial charge in [-0.2, -0.15) is 0 Å². The van der Waals surface area contributed by atoms with Gasteiger partial charge in [-0.05, 0) is 121 Å². The summed E-state index contributed by atoms with van der Waals surface area (Å²) in [5.41, 5.74) is -0.955. The fourth-order valence-electron chi connectivity index (χ4n) is 11.8. The van der Waals surface area contributed by atoms with Crippen LogP contribution in [-0.4, -0.2) is 227 Å². The molecule has 0 aliphatic carbocycles. The van der Waals surface area contributed by atoms with Gasteiger partial charge >= 0.3 is 6.09 Å². The molecule has 1 fully saturated rings. The number of carbonyl (C=O) groups excluding carboxylic acids is 12. The molecule has 0 radical (unpaired) electrons. The molecule has 0 aromatic carbocycles. The van der Waals surface area contributed by atoms with E-state index in [0.29, 0.717) is 19.4 Å². The second-order valence-electron chi connectivity index (χ2n) is 29.9. The summed E-state index contributed by atoms with van der Waals surface area (Å²) in [4.78, 5) is 183. The van der Waals surface area contributed by atoms with Crippen molar-refractivity contribution in [2.24, 2.45) is 41.4 Å². The van der Waals surface area contributed by atoms with Gasteiger partial charge in [0.2, 0.25) is 59.1 Å². The molecular weight excluding hydrogens is 1220 g/mol. The van der Waals surface area contributed by atoms with Crippen molar-refractivity contribution in [3.05, 3.63) is 12.3 Å². The number of ether oxygens (including phenoxy) is 1. The highest BCUT2D eigenvalue weighted by Crippen LogP contribution is 2.26. The Labute approximate surface area is 569 Å². The number of hydrogen-bond donors (Lipinski definition) is 5. The minimum absolute atomic E-state index is 0.0381. The van der Waals surface area contributed by atoms with Crippen LogP contribution in [-0.2, 0) is 57.5 Å². The average molecular weight is 1340 g/mol. The molecule has 1 rings (SSSR count). The van der Waals surface area contributed by atoms with Gasteiger partial charge in [-0.1, -0.05) is 129 Å². The van der Waals surface area contributed by atoms with Crippen LogP contribution < -0.4 is 26.6 Å². The summed E-state index contributed by atoms with van der Waals surface area (Å²) in [6.07, 6.45) is 3.99. The minimum atomic E-state index is -1.26. The van der Waals surface area contributed by atoms with Crippen molar-refractivity contribution in [2.75, 3.05) is 55.9 Å². The van der Waals surface area contributed by atoms with E-state index in [4.69, 9.17) is 4.74 Å². The van der Waals surface area contributed by atoms with Crippen molar-refractivity contribution in [2.45, 2.75) is 268 Å². The maximum Gasteiger partial charge on any atom is 0.407 e. The quantitative estimate of drug-likeness (QED) is 0.0659. The molecule has 1 saturated heterocycles. The Morgan fingerprint density at radius 1 is 0.474 bits per heavy atom. The highest BCUT2D eigenvalue weighted by Gasteiger charge is 2.44. The van der Waals surface area contributed by atoms with Crippen LogP contribution in [0.15, 0.2) is 12.3 Å². The van der Waals surface area contributed by atoms with E-state index >= 15 is 19.2 Å². The van der Waals surface area contributed by atoms with Crippen molar-refractivity contribution in [1.29, 1.82) is 0 Å². The second kappa shape index (κ2) is 39.4. The Kier molecular flexibility index (Phi) is 35.8. The number of unbranched alkanes of at least 4 members (excludes halogenated alkanes) is 3. The first kappa shape index (κ1) is 86.2. The standard InChI is InChI=1S/C70H126N12O13/c1-28-50-64(89)76(21)49(17)63(88)77(22)52(36-41(4)5)61(86)75-56(44(10)11)67(92)78(23)51(35-40(2)3)59(84)72-47(15)58(83)73-48(16)62(87)80(25)54(37-42(6)7)65(90)81(26)55(38-43(8)9)66(91)82(27)57(45(12)13)68(93)79(24)53(60(85)74-50)39-46(14)33-31-29-30-32-34-71-69(94)95-70(18,19)20/h40-48,50-57H,17,28-39H2,1-16,18-27H3,(H,71,94)(H,72,84)(H,73,83)(H,74,85)(H,75,86)/t46-,47-,48+,50+,51-,52+,53+,54+,55+,56-,57+/m1/s1. The predicted octanol–water partition coefficient (Wildman–Crippen LogP) is 6.32. The number of likely N-dealkylation sites (N-methyl/N-ethyl adjacent to an activating group) is 7. The third kappa shape index (κ3) is 26.6. The van der Waals surface area contributed by atoms with Crippen molar-refractivity contribution >= 4 is 71.1 Å². The molecule has 0 aromatic heterocycles. The third-order valence-corrected chi connectivity index (χ3v) is 17.6. The number of nitrogens with zero attached hydrogens (tertiary/aromatic N) is 7. The van der Waals surface area contributed by atoms with Crippen LogP contribution in [0.4, 0.5) is 4.79 Å². The summed E-state index contributed by atoms with van der Waals surface area (Å²) in [5.74, 6) is -9.12. The van der Waals surface area contributed by atoms with Gasteiger partial charge < -0.3 is 65.6 Å². The number of nitrogens with one attached hydrogen (secondary N) is 5. The molecule has 12 amide bonds. The van der Waals surface area contributed by atoms with Gasteiger partial charge in [0, 0.05) is 55.9 Å². The van der Waals surface area contributed by atoms with Crippen molar-refractivity contribution in [1.82, 2.24) is 60.9 Å². The Bertz CT molecular complexity index is 2620. The summed E-state index contributed by atoms with van der Waals surface area (Å²) in [7, 11) is 10.1. The Morgan fingerprint density at radius 2 is 0.884 bits per heavy atom. The molecule has 0 spiro atoms. The Hall–Kier alpha value is -6.82. The summed E-state index contributed by atoms with van der Waals surface area (Å²) in [5, 5.41) is 13.9. The van der Waals surface area contributed by atoms with E-state index in [1.165, 1.54) is 87.7 Å². The molecule has 95 heavy (non-hydrogen) atoms. The highest BCUT2D eigenvalue weighted by atomic mass is 16.6. The van der Waals surface area contributed by atoms with Gasteiger partial charge in [-0.25, -0.2) is 4.79 Å². The number of hydrogen-bond acceptors (Lipinski definition) is 13. The van der Waals surface area contributed by atoms with Crippen LogP contribution >= 0.6 is 0 Å². The number of carbonyl (C=O) groups is 12. The van der Waals surface area contributed by atoms with Crippen LogP contribution in [0.2, 0.25) is 0 Å². The van der Waals surface area contributed by atoms with Gasteiger partial charge in [0.05, 0.1) is 0 Å². The monoisotopic (exact) mass is 1340 g/mol.